The maximum atomic E-state index is 12.7. The van der Waals surface area contributed by atoms with E-state index in [-0.39, 0.29) is 5.82 Å². The second-order valence-corrected chi connectivity index (χ2v) is 3.21. The smallest absolute Gasteiger partial charge is 0.287 e. The predicted molar refractivity (Wildman–Crippen MR) is 53.8 cm³/mol. The summed E-state index contributed by atoms with van der Waals surface area (Å²) < 4.78 is 30.3. The number of hydrogen-bond donors (Lipinski definition) is 2. The van der Waals surface area contributed by atoms with E-state index >= 15 is 0 Å². The van der Waals surface area contributed by atoms with Crippen molar-refractivity contribution in [2.45, 2.75) is 12.8 Å². The van der Waals surface area contributed by atoms with Gasteiger partial charge in [-0.05, 0) is 6.92 Å². The van der Waals surface area contributed by atoms with E-state index in [2.05, 4.69) is 15.3 Å². The zero-order valence-corrected chi connectivity index (χ0v) is 9.00. The summed E-state index contributed by atoms with van der Waals surface area (Å²) in [6.45, 7) is -0.276. The minimum absolute atomic E-state index is 0.234. The van der Waals surface area contributed by atoms with E-state index in [1.807, 2.05) is 0 Å². The fourth-order valence-electron chi connectivity index (χ4n) is 1.01. The summed E-state index contributed by atoms with van der Waals surface area (Å²) in [4.78, 5) is 7.81. The molecule has 90 valence electrons. The highest BCUT2D eigenvalue weighted by molar-refractivity contribution is 5.38. The molecule has 0 aliphatic carbocycles. The lowest BCUT2D eigenvalue weighted by molar-refractivity contribution is -0.0373. The van der Waals surface area contributed by atoms with Gasteiger partial charge in [-0.2, -0.15) is 4.98 Å². The van der Waals surface area contributed by atoms with Gasteiger partial charge in [0.05, 0.1) is 13.7 Å². The molecule has 0 aromatic carbocycles. The Kier molecular flexibility index (Phi) is 3.94. The fraction of sp³-hybridized carbons (Fsp3) is 0.556. The largest absolute Gasteiger partial charge is 0.481 e. The van der Waals surface area contributed by atoms with Crippen LogP contribution in [-0.4, -0.2) is 41.3 Å². The van der Waals surface area contributed by atoms with Crippen molar-refractivity contribution in [3.63, 3.8) is 0 Å². The summed E-state index contributed by atoms with van der Waals surface area (Å²) in [6.07, 6.45) is 0. The molecule has 0 radical (unpaired) electrons. The number of hydrogen-bond acceptors (Lipinski definition) is 5. The monoisotopic (exact) mass is 233 g/mol. The van der Waals surface area contributed by atoms with Crippen LogP contribution >= 0.6 is 0 Å². The second kappa shape index (κ2) is 5.02. The van der Waals surface area contributed by atoms with Gasteiger partial charge in [-0.1, -0.05) is 0 Å². The summed E-state index contributed by atoms with van der Waals surface area (Å²) in [6, 6.07) is 1.40. The van der Waals surface area contributed by atoms with Crippen molar-refractivity contribution in [3.8, 4) is 5.88 Å². The zero-order chi connectivity index (χ0) is 12.2. The molecule has 2 N–H and O–H groups in total. The van der Waals surface area contributed by atoms with Gasteiger partial charge in [-0.3, -0.25) is 0 Å². The topological polar surface area (TPSA) is 67.3 Å². The third-order valence-corrected chi connectivity index (χ3v) is 1.78. The number of aliphatic hydroxyl groups is 1. The van der Waals surface area contributed by atoms with E-state index in [1.165, 1.54) is 13.2 Å². The number of alkyl halides is 2. The number of aromatic nitrogens is 2. The fourth-order valence-corrected chi connectivity index (χ4v) is 1.01. The summed E-state index contributed by atoms with van der Waals surface area (Å²) in [7, 11) is 1.42. The Hall–Kier alpha value is -1.50. The molecule has 0 atom stereocenters. The van der Waals surface area contributed by atoms with Gasteiger partial charge in [-0.15, -0.1) is 0 Å². The van der Waals surface area contributed by atoms with Crippen molar-refractivity contribution < 1.29 is 18.6 Å². The average Bonchev–Trinajstić information content (AvgIpc) is 2.26. The maximum Gasteiger partial charge on any atom is 0.287 e. The lowest BCUT2D eigenvalue weighted by atomic mass is 10.3. The number of methoxy groups -OCH3 is 1. The molecule has 1 rings (SSSR count). The van der Waals surface area contributed by atoms with Crippen LogP contribution in [0.5, 0.6) is 5.88 Å². The van der Waals surface area contributed by atoms with Crippen LogP contribution in [0.15, 0.2) is 6.07 Å². The summed E-state index contributed by atoms with van der Waals surface area (Å²) in [5, 5.41) is 10.8. The lowest BCUT2D eigenvalue weighted by Gasteiger charge is -2.14. The minimum atomic E-state index is -3.17. The number of nitrogens with zero attached hydrogens (tertiary/aromatic N) is 2. The van der Waals surface area contributed by atoms with E-state index in [9.17, 15) is 8.78 Å². The van der Waals surface area contributed by atoms with Crippen molar-refractivity contribution in [1.82, 2.24) is 9.97 Å². The number of ether oxygens (including phenoxy) is 1. The van der Waals surface area contributed by atoms with E-state index in [0.717, 1.165) is 0 Å². The lowest BCUT2D eigenvalue weighted by Crippen LogP contribution is -2.31. The molecule has 7 heteroatoms. The van der Waals surface area contributed by atoms with Crippen LogP contribution in [0, 0.1) is 6.92 Å². The van der Waals surface area contributed by atoms with Crippen molar-refractivity contribution >= 4 is 5.82 Å². The van der Waals surface area contributed by atoms with Crippen LogP contribution in [0.1, 0.15) is 5.82 Å². The molecule has 0 unspecified atom stereocenters. The third kappa shape index (κ3) is 3.58. The molecule has 16 heavy (non-hydrogen) atoms. The Morgan fingerprint density at radius 1 is 1.50 bits per heavy atom. The highest BCUT2D eigenvalue weighted by Crippen LogP contribution is 2.16. The van der Waals surface area contributed by atoms with E-state index < -0.39 is 19.1 Å². The summed E-state index contributed by atoms with van der Waals surface area (Å²) in [5.41, 5.74) is 0. The standard InChI is InChI=1S/C9H13F2N3O2/c1-6-13-7(3-8(14-6)16-2)12-4-9(10,11)5-15/h3,15H,4-5H2,1-2H3,(H,12,13,14). The Morgan fingerprint density at radius 3 is 2.75 bits per heavy atom. The van der Waals surface area contributed by atoms with Gasteiger partial charge >= 0.3 is 0 Å². The van der Waals surface area contributed by atoms with Crippen molar-refractivity contribution in [3.05, 3.63) is 11.9 Å². The normalized spacial score (nSPS) is 11.3. The number of nitrogens with one attached hydrogen (secondary N) is 1. The van der Waals surface area contributed by atoms with E-state index in [0.29, 0.717) is 11.7 Å². The minimum Gasteiger partial charge on any atom is -0.481 e. The molecule has 0 aliphatic rings. The highest BCUT2D eigenvalue weighted by atomic mass is 19.3. The molecule has 5 nitrogen and oxygen atoms in total. The molecule has 0 spiro atoms. The van der Waals surface area contributed by atoms with Crippen molar-refractivity contribution in [1.29, 1.82) is 0 Å². The van der Waals surface area contributed by atoms with Crippen LogP contribution in [0.2, 0.25) is 0 Å². The molecule has 1 aromatic heterocycles. The Morgan fingerprint density at radius 2 is 2.19 bits per heavy atom. The van der Waals surface area contributed by atoms with Gasteiger partial charge in [-0.25, -0.2) is 13.8 Å². The quantitative estimate of drug-likeness (QED) is 0.788. The SMILES string of the molecule is COc1cc(NCC(F)(F)CO)nc(C)n1. The number of rotatable bonds is 5. The average molecular weight is 233 g/mol. The number of aryl methyl sites for hydroxylation is 1. The van der Waals surface area contributed by atoms with Crippen molar-refractivity contribution in [2.75, 3.05) is 25.6 Å². The first-order valence-electron chi connectivity index (χ1n) is 4.59. The molecular weight excluding hydrogens is 220 g/mol. The van der Waals surface area contributed by atoms with Crippen LogP contribution < -0.4 is 10.1 Å². The first kappa shape index (κ1) is 12.6. The van der Waals surface area contributed by atoms with Gasteiger partial charge in [0, 0.05) is 6.07 Å². The molecule has 0 amide bonds. The molecular formula is C9H13F2N3O2. The van der Waals surface area contributed by atoms with Crippen LogP contribution in [0.3, 0.4) is 0 Å². The Balaban J connectivity index is 2.70. The van der Waals surface area contributed by atoms with Crippen LogP contribution in [0.25, 0.3) is 0 Å². The summed E-state index contributed by atoms with van der Waals surface area (Å²) in [5.74, 6) is -2.24. The van der Waals surface area contributed by atoms with Gasteiger partial charge in [0.15, 0.2) is 0 Å². The van der Waals surface area contributed by atoms with Gasteiger partial charge in [0.25, 0.3) is 5.92 Å². The number of halogens is 2. The van der Waals surface area contributed by atoms with E-state index in [1.54, 1.807) is 6.92 Å². The molecule has 0 saturated carbocycles. The molecule has 1 aromatic rings. The van der Waals surface area contributed by atoms with Crippen LogP contribution in [-0.2, 0) is 0 Å². The molecule has 0 fully saturated rings. The summed E-state index contributed by atoms with van der Waals surface area (Å²) >= 11 is 0. The first-order chi connectivity index (χ1) is 7.46. The highest BCUT2D eigenvalue weighted by Gasteiger charge is 2.27. The molecule has 0 saturated heterocycles. The van der Waals surface area contributed by atoms with Gasteiger partial charge < -0.3 is 15.2 Å². The van der Waals surface area contributed by atoms with Crippen molar-refractivity contribution in [2.24, 2.45) is 0 Å². The Bertz CT molecular complexity index is 361. The number of aliphatic hydroxyl groups excluding tert-OH is 1. The van der Waals surface area contributed by atoms with Gasteiger partial charge in [0.1, 0.15) is 18.2 Å². The Labute approximate surface area is 91.5 Å². The second-order valence-electron chi connectivity index (χ2n) is 3.21. The van der Waals surface area contributed by atoms with E-state index in [4.69, 9.17) is 9.84 Å². The third-order valence-electron chi connectivity index (χ3n) is 1.78. The van der Waals surface area contributed by atoms with Crippen LogP contribution in [0.4, 0.5) is 14.6 Å². The molecule has 1 heterocycles. The predicted octanol–water partition coefficient (Wildman–Crippen LogP) is 0.833. The molecule has 0 bridgehead atoms. The number of anilines is 1. The first-order valence-corrected chi connectivity index (χ1v) is 4.59. The maximum absolute atomic E-state index is 12.7. The molecule has 0 aliphatic heterocycles. The van der Waals surface area contributed by atoms with Gasteiger partial charge in [0.2, 0.25) is 5.88 Å². The zero-order valence-electron chi connectivity index (χ0n) is 9.00.